The Labute approximate surface area is 246 Å². The molecular formula is C31H40N4O7. The molecule has 1 amide bonds. The minimum absolute atomic E-state index is 0.0890. The Morgan fingerprint density at radius 2 is 1.83 bits per heavy atom. The molecule has 0 spiro atoms. The van der Waals surface area contributed by atoms with Crippen molar-refractivity contribution in [2.24, 2.45) is 23.7 Å². The van der Waals surface area contributed by atoms with Crippen LogP contribution in [0.1, 0.15) is 53.4 Å². The first-order valence-electron chi connectivity index (χ1n) is 14.5. The van der Waals surface area contributed by atoms with Gasteiger partial charge in [0.25, 0.3) is 0 Å². The van der Waals surface area contributed by atoms with E-state index < -0.39 is 53.5 Å². The number of aromatic nitrogens is 3. The van der Waals surface area contributed by atoms with Crippen LogP contribution in [0.5, 0.6) is 0 Å². The number of esters is 1. The van der Waals surface area contributed by atoms with Crippen molar-refractivity contribution in [3.63, 3.8) is 0 Å². The number of methoxy groups -OCH3 is 1. The van der Waals surface area contributed by atoms with Gasteiger partial charge in [-0.3, -0.25) is 14.4 Å². The molecule has 0 aromatic carbocycles. The van der Waals surface area contributed by atoms with Crippen molar-refractivity contribution < 1.29 is 33.4 Å². The van der Waals surface area contributed by atoms with Crippen molar-refractivity contribution in [3.8, 4) is 12.3 Å². The van der Waals surface area contributed by atoms with Gasteiger partial charge < -0.3 is 23.7 Å². The molecule has 42 heavy (non-hydrogen) atoms. The molecule has 0 aliphatic carbocycles. The third-order valence-electron chi connectivity index (χ3n) is 9.13. The summed E-state index contributed by atoms with van der Waals surface area (Å²) in [4.78, 5) is 63.0. The molecule has 0 radical (unpaired) electrons. The monoisotopic (exact) mass is 580 g/mol. The predicted molar refractivity (Wildman–Crippen MR) is 153 cm³/mol. The SMILES string of the molecule is C#C[C@@]1(OC)CCC(=O)[C@H](C)[C@@H]2[C@@H](COC(=O)[C@H](C)C(=O)[C@H](C)[C@H]1C)OC(=O)N2CCCCn1cnc2cccnc21. The van der Waals surface area contributed by atoms with E-state index in [-0.39, 0.29) is 31.0 Å². The van der Waals surface area contributed by atoms with Crippen molar-refractivity contribution >= 4 is 34.8 Å². The molecule has 0 unspecified atom stereocenters. The summed E-state index contributed by atoms with van der Waals surface area (Å²) in [6.45, 7) is 7.52. The molecule has 0 N–H and O–H groups in total. The normalized spacial score (nSPS) is 31.3. The standard InChI is InChI=1S/C31H40N4O7/c1-7-31(40-6)13-12-24(36)20(3)26-25(17-41-29(38)21(4)27(37)19(2)22(31)5)42-30(39)35(26)16-9-8-15-34-18-33-23-11-10-14-32-28(23)34/h1,10-11,14,18-22,25-26H,8-9,12-13,15-17H2,2-6H3/t19-,20+,21-,22-,25-,26-,31-/m1/s1. The van der Waals surface area contributed by atoms with E-state index in [1.54, 1.807) is 38.2 Å². The number of nitrogens with zero attached hydrogens (tertiary/aromatic N) is 4. The summed E-state index contributed by atoms with van der Waals surface area (Å²) in [6.07, 6.45) is 9.60. The number of carbonyl (C=O) groups excluding carboxylic acids is 4. The molecule has 2 saturated heterocycles. The van der Waals surface area contributed by atoms with Crippen LogP contribution in [0.4, 0.5) is 4.79 Å². The maximum absolute atomic E-state index is 13.6. The number of rotatable bonds is 6. The van der Waals surface area contributed by atoms with E-state index in [4.69, 9.17) is 20.6 Å². The van der Waals surface area contributed by atoms with Gasteiger partial charge in [0.2, 0.25) is 0 Å². The second-order valence-corrected chi connectivity index (χ2v) is 11.4. The quantitative estimate of drug-likeness (QED) is 0.218. The highest BCUT2D eigenvalue weighted by Crippen LogP contribution is 2.36. The number of ketones is 2. The molecule has 2 fully saturated rings. The minimum Gasteiger partial charge on any atom is -0.461 e. The number of hydrogen-bond acceptors (Lipinski definition) is 9. The molecule has 0 bridgehead atoms. The molecule has 4 rings (SSSR count). The smallest absolute Gasteiger partial charge is 0.410 e. The van der Waals surface area contributed by atoms with E-state index >= 15 is 0 Å². The molecule has 2 aromatic rings. The highest BCUT2D eigenvalue weighted by molar-refractivity contribution is 5.99. The summed E-state index contributed by atoms with van der Waals surface area (Å²) < 4.78 is 18.9. The van der Waals surface area contributed by atoms with Gasteiger partial charge in [-0.15, -0.1) is 6.42 Å². The zero-order chi connectivity index (χ0) is 30.6. The summed E-state index contributed by atoms with van der Waals surface area (Å²) in [5.41, 5.74) is 0.416. The van der Waals surface area contributed by atoms with Crippen LogP contribution in [0, 0.1) is 36.0 Å². The van der Waals surface area contributed by atoms with Crippen LogP contribution in [-0.4, -0.2) is 81.1 Å². The van der Waals surface area contributed by atoms with Crippen molar-refractivity contribution in [2.45, 2.75) is 77.7 Å². The number of aryl methyl sites for hydroxylation is 1. The highest BCUT2D eigenvalue weighted by Gasteiger charge is 2.48. The number of fused-ring (bicyclic) bond motifs is 2. The third kappa shape index (κ3) is 6.04. The topological polar surface area (TPSA) is 130 Å². The maximum Gasteiger partial charge on any atom is 0.410 e. The van der Waals surface area contributed by atoms with Gasteiger partial charge in [0, 0.05) is 50.6 Å². The van der Waals surface area contributed by atoms with E-state index in [1.807, 2.05) is 16.7 Å². The number of carbonyl (C=O) groups is 4. The Kier molecular flexibility index (Phi) is 9.67. The van der Waals surface area contributed by atoms with E-state index in [0.29, 0.717) is 19.5 Å². The molecule has 4 heterocycles. The first-order chi connectivity index (χ1) is 20.0. The summed E-state index contributed by atoms with van der Waals surface area (Å²) in [7, 11) is 1.46. The predicted octanol–water partition coefficient (Wildman–Crippen LogP) is 3.44. The maximum atomic E-state index is 13.6. The van der Waals surface area contributed by atoms with Crippen molar-refractivity contribution in [1.82, 2.24) is 19.4 Å². The van der Waals surface area contributed by atoms with Crippen molar-refractivity contribution in [2.75, 3.05) is 20.3 Å². The van der Waals surface area contributed by atoms with E-state index in [2.05, 4.69) is 15.9 Å². The van der Waals surface area contributed by atoms with Gasteiger partial charge >= 0.3 is 12.1 Å². The molecule has 2 aliphatic heterocycles. The third-order valence-corrected chi connectivity index (χ3v) is 9.13. The summed E-state index contributed by atoms with van der Waals surface area (Å²) in [5, 5.41) is 0. The van der Waals surface area contributed by atoms with Crippen LogP contribution < -0.4 is 0 Å². The van der Waals surface area contributed by atoms with Crippen LogP contribution in [-0.2, 0) is 35.1 Å². The first-order valence-corrected chi connectivity index (χ1v) is 14.5. The second kappa shape index (κ2) is 13.0. The fourth-order valence-corrected chi connectivity index (χ4v) is 6.13. The molecule has 11 heteroatoms. The molecule has 11 nitrogen and oxygen atoms in total. The Hall–Kier alpha value is -3.78. The van der Waals surface area contributed by atoms with E-state index in [0.717, 1.165) is 17.6 Å². The van der Waals surface area contributed by atoms with Gasteiger partial charge in [-0.05, 0) is 38.3 Å². The Bertz CT molecular complexity index is 1370. The van der Waals surface area contributed by atoms with E-state index in [9.17, 15) is 19.2 Å². The molecule has 2 aromatic heterocycles. The zero-order valence-corrected chi connectivity index (χ0v) is 24.9. The van der Waals surface area contributed by atoms with Gasteiger partial charge in [0.15, 0.2) is 11.8 Å². The lowest BCUT2D eigenvalue weighted by Gasteiger charge is -2.37. The first kappa shape index (κ1) is 31.2. The second-order valence-electron chi connectivity index (χ2n) is 11.4. The highest BCUT2D eigenvalue weighted by atomic mass is 16.6. The molecule has 7 atom stereocenters. The van der Waals surface area contributed by atoms with Gasteiger partial charge in [-0.2, -0.15) is 0 Å². The van der Waals surface area contributed by atoms with Gasteiger partial charge in [-0.25, -0.2) is 14.8 Å². The lowest BCUT2D eigenvalue weighted by atomic mass is 9.73. The molecule has 2 aliphatic rings. The van der Waals surface area contributed by atoms with Gasteiger partial charge in [0.1, 0.15) is 35.2 Å². The average molecular weight is 581 g/mol. The number of imidazole rings is 1. The fraction of sp³-hybridized carbons (Fsp3) is 0.613. The van der Waals surface area contributed by atoms with Crippen LogP contribution in [0.2, 0.25) is 0 Å². The summed E-state index contributed by atoms with van der Waals surface area (Å²) in [5.74, 6) is -1.24. The average Bonchev–Trinajstić information content (AvgIpc) is 3.56. The summed E-state index contributed by atoms with van der Waals surface area (Å²) in [6, 6.07) is 3.08. The minimum atomic E-state index is -1.19. The van der Waals surface area contributed by atoms with Crippen LogP contribution in [0.15, 0.2) is 24.7 Å². The Morgan fingerprint density at radius 3 is 2.55 bits per heavy atom. The summed E-state index contributed by atoms with van der Waals surface area (Å²) >= 11 is 0. The van der Waals surface area contributed by atoms with Crippen molar-refractivity contribution in [1.29, 1.82) is 0 Å². The number of unbranched alkanes of at least 4 members (excludes halogenated alkanes) is 1. The van der Waals surface area contributed by atoms with Crippen LogP contribution in [0.25, 0.3) is 11.2 Å². The number of hydrogen-bond donors (Lipinski definition) is 0. The number of amides is 1. The van der Waals surface area contributed by atoms with Crippen LogP contribution in [0.3, 0.4) is 0 Å². The zero-order valence-electron chi connectivity index (χ0n) is 24.9. The molecule has 226 valence electrons. The molecular weight excluding hydrogens is 540 g/mol. The van der Waals surface area contributed by atoms with Gasteiger partial charge in [-0.1, -0.05) is 26.7 Å². The van der Waals surface area contributed by atoms with Gasteiger partial charge in [0.05, 0.1) is 12.4 Å². The fourth-order valence-electron chi connectivity index (χ4n) is 6.13. The number of terminal acetylenes is 1. The Morgan fingerprint density at radius 1 is 1.10 bits per heavy atom. The number of ether oxygens (including phenoxy) is 3. The van der Waals surface area contributed by atoms with Crippen LogP contribution >= 0.6 is 0 Å². The van der Waals surface area contributed by atoms with E-state index in [1.165, 1.54) is 14.0 Å². The van der Waals surface area contributed by atoms with Crippen molar-refractivity contribution in [3.05, 3.63) is 24.7 Å². The number of Topliss-reactive ketones (excluding diaryl/α,β-unsaturated/α-hetero) is 2. The number of pyridine rings is 1. The number of cyclic esters (lactones) is 1. The molecule has 0 saturated carbocycles. The largest absolute Gasteiger partial charge is 0.461 e. The lowest BCUT2D eigenvalue weighted by Crippen LogP contribution is -2.48. The Balaban J connectivity index is 1.52. The lowest BCUT2D eigenvalue weighted by molar-refractivity contribution is -0.156.